The van der Waals surface area contributed by atoms with Crippen LogP contribution < -0.4 is 0 Å². The number of fused-ring (bicyclic) bond motifs is 6. The van der Waals surface area contributed by atoms with E-state index in [9.17, 15) is 4.11 Å². The molecule has 5 nitrogen and oxygen atoms in total. The number of rotatable bonds is 4. The van der Waals surface area contributed by atoms with Crippen molar-refractivity contribution in [2.75, 3.05) is 0 Å². The SMILES string of the molecule is [2H]c1c(-c2c([2H])c([2H])c([2H])c([2H])c2[2H])nc(-n2c3c([2H])c([2H])c([2H])c([2H])c3c3c([2H])c([2H])c([2H])c([2H])c32)nc1-c1c([2H])c([2H])c([2H])c([2H])c1-n1c2ccccc2c2ncccc21. The number of hydrogen-bond acceptors (Lipinski definition) is 3. The molecule has 206 valence electrons. The zero-order valence-electron chi connectivity index (χ0n) is 40.3. The van der Waals surface area contributed by atoms with E-state index >= 15 is 0 Å². The van der Waals surface area contributed by atoms with Crippen molar-refractivity contribution in [3.63, 3.8) is 0 Å². The summed E-state index contributed by atoms with van der Waals surface area (Å²) in [6.07, 6.45) is 1.54. The number of aromatic nitrogens is 5. The monoisotopic (exact) mass is 581 g/mol. The average molecular weight is 582 g/mol. The molecule has 4 aromatic heterocycles. The Morgan fingerprint density at radius 3 is 2.00 bits per heavy atom. The summed E-state index contributed by atoms with van der Waals surface area (Å²) >= 11 is 0. The molecule has 5 heteroatoms. The molecule has 9 rings (SSSR count). The normalized spacial score (nSPS) is 17.4. The molecular weight excluding hydrogens is 538 g/mol. The third kappa shape index (κ3) is 3.69. The fraction of sp³-hybridized carbons (Fsp3) is 0. The average Bonchev–Trinajstić information content (AvgIpc) is 3.80. The van der Waals surface area contributed by atoms with E-state index in [1.807, 2.05) is 0 Å². The molecule has 0 aliphatic heterocycles. The molecule has 0 radical (unpaired) electrons. The van der Waals surface area contributed by atoms with Crippen LogP contribution in [0.15, 0.2) is 151 Å². The molecule has 0 N–H and O–H groups in total. The first-order valence-electron chi connectivity index (χ1n) is 22.3. The number of benzene rings is 5. The summed E-state index contributed by atoms with van der Waals surface area (Å²) in [5.41, 5.74) is -2.25. The van der Waals surface area contributed by atoms with Crippen molar-refractivity contribution in [3.05, 3.63) is 151 Å². The number of nitrogens with zero attached hydrogens (tertiary/aromatic N) is 5. The summed E-state index contributed by atoms with van der Waals surface area (Å²) in [6.45, 7) is 0. The van der Waals surface area contributed by atoms with Crippen LogP contribution in [-0.4, -0.2) is 24.1 Å². The van der Waals surface area contributed by atoms with Gasteiger partial charge in [0.2, 0.25) is 5.95 Å². The van der Waals surface area contributed by atoms with Crippen molar-refractivity contribution in [2.24, 2.45) is 0 Å². The van der Waals surface area contributed by atoms with Crippen molar-refractivity contribution < 1.29 is 24.7 Å². The van der Waals surface area contributed by atoms with Crippen LogP contribution in [0.2, 0.25) is 0 Å². The molecule has 44 heavy (non-hydrogen) atoms. The van der Waals surface area contributed by atoms with E-state index in [0.717, 1.165) is 4.57 Å². The van der Waals surface area contributed by atoms with Gasteiger partial charge in [-0.05, 0) is 42.4 Å². The largest absolute Gasteiger partial charge is 0.307 e. The zero-order chi connectivity index (χ0) is 44.7. The molecule has 0 unspecified atom stereocenters. The Bertz CT molecular complexity index is 3370. The summed E-state index contributed by atoms with van der Waals surface area (Å²) in [5.74, 6) is -0.699. The van der Waals surface area contributed by atoms with Crippen LogP contribution in [0.5, 0.6) is 0 Å². The molecular formula is C39H25N5. The summed E-state index contributed by atoms with van der Waals surface area (Å²) in [6, 6.07) is -3.31. The van der Waals surface area contributed by atoms with Gasteiger partial charge in [-0.3, -0.25) is 9.55 Å². The predicted molar refractivity (Wildman–Crippen MR) is 179 cm³/mol. The van der Waals surface area contributed by atoms with Gasteiger partial charge >= 0.3 is 0 Å². The smallest absolute Gasteiger partial charge is 0.235 e. The standard InChI is InChI=1S/C39H25N5/c1-2-13-26(14-3-1)31-25-32(42-39(41-31)44-33-19-8-4-15-27(33)28-16-5-9-20-34(28)44)29-17-6-10-21-35(29)43-36-22-11-7-18-30(36)38-37(43)23-12-24-40-38/h1-25H/i1D,2D,3D,4D,5D,6D,8D,9D,10D,13D,14D,15D,16D,17D,19D,20D,21D,25D. The van der Waals surface area contributed by atoms with Crippen molar-refractivity contribution in [1.82, 2.24) is 24.1 Å². The highest BCUT2D eigenvalue weighted by Crippen LogP contribution is 2.37. The summed E-state index contributed by atoms with van der Waals surface area (Å²) in [7, 11) is 0. The molecule has 0 saturated heterocycles. The Kier molecular flexibility index (Phi) is 2.80. The Balaban J connectivity index is 1.57. The van der Waals surface area contributed by atoms with Gasteiger partial charge in [0.15, 0.2) is 0 Å². The molecule has 0 aliphatic carbocycles. The number of para-hydroxylation sites is 4. The molecule has 0 fully saturated rings. The Morgan fingerprint density at radius 2 is 1.18 bits per heavy atom. The minimum Gasteiger partial charge on any atom is -0.307 e. The lowest BCUT2D eigenvalue weighted by Gasteiger charge is -2.16. The molecule has 0 saturated carbocycles. The first kappa shape index (κ1) is 12.7. The maximum atomic E-state index is 9.69. The lowest BCUT2D eigenvalue weighted by atomic mass is 10.1. The van der Waals surface area contributed by atoms with Crippen LogP contribution in [0.3, 0.4) is 0 Å². The number of pyridine rings is 1. The van der Waals surface area contributed by atoms with E-state index in [4.69, 9.17) is 20.6 Å². The highest BCUT2D eigenvalue weighted by Gasteiger charge is 2.20. The Hall–Kier alpha value is -6.07. The lowest BCUT2D eigenvalue weighted by molar-refractivity contribution is 0.994. The van der Waals surface area contributed by atoms with Crippen molar-refractivity contribution in [3.8, 4) is 34.2 Å². The van der Waals surface area contributed by atoms with E-state index in [1.54, 1.807) is 42.6 Å². The maximum Gasteiger partial charge on any atom is 0.235 e. The zero-order valence-corrected chi connectivity index (χ0v) is 22.3. The van der Waals surface area contributed by atoms with Crippen LogP contribution in [-0.2, 0) is 0 Å². The van der Waals surface area contributed by atoms with Crippen LogP contribution in [0.1, 0.15) is 24.7 Å². The summed E-state index contributed by atoms with van der Waals surface area (Å²) in [5, 5.41) is -0.130. The summed E-state index contributed by atoms with van der Waals surface area (Å²) < 4.78 is 161. The van der Waals surface area contributed by atoms with E-state index in [-0.39, 0.29) is 16.5 Å². The second-order valence-electron chi connectivity index (χ2n) is 9.58. The third-order valence-electron chi connectivity index (χ3n) is 7.19. The van der Waals surface area contributed by atoms with Gasteiger partial charge < -0.3 is 4.57 Å². The first-order valence-corrected chi connectivity index (χ1v) is 13.3. The maximum absolute atomic E-state index is 9.69. The van der Waals surface area contributed by atoms with Crippen LogP contribution in [0.4, 0.5) is 0 Å². The Morgan fingerprint density at radius 1 is 0.523 bits per heavy atom. The van der Waals surface area contributed by atoms with Gasteiger partial charge in [-0.1, -0.05) is 103 Å². The van der Waals surface area contributed by atoms with E-state index in [1.165, 1.54) is 4.57 Å². The van der Waals surface area contributed by atoms with Gasteiger partial charge in [0.25, 0.3) is 0 Å². The lowest BCUT2D eigenvalue weighted by Crippen LogP contribution is -2.05. The summed E-state index contributed by atoms with van der Waals surface area (Å²) in [4.78, 5) is 13.7. The minimum absolute atomic E-state index is 0.244. The molecule has 9 aromatic rings. The van der Waals surface area contributed by atoms with Crippen molar-refractivity contribution >= 4 is 43.7 Å². The van der Waals surface area contributed by atoms with Crippen LogP contribution >= 0.6 is 0 Å². The molecule has 0 spiro atoms. The third-order valence-corrected chi connectivity index (χ3v) is 7.19. The molecule has 4 heterocycles. The molecule has 0 atom stereocenters. The van der Waals surface area contributed by atoms with Gasteiger partial charge in [0.1, 0.15) is 0 Å². The highest BCUT2D eigenvalue weighted by molar-refractivity contribution is 6.09. The van der Waals surface area contributed by atoms with Gasteiger partial charge in [0, 0.05) is 33.5 Å². The van der Waals surface area contributed by atoms with Gasteiger partial charge in [-0.15, -0.1) is 0 Å². The van der Waals surface area contributed by atoms with Crippen molar-refractivity contribution in [1.29, 1.82) is 0 Å². The van der Waals surface area contributed by atoms with Gasteiger partial charge in [-0.2, -0.15) is 0 Å². The van der Waals surface area contributed by atoms with Crippen molar-refractivity contribution in [2.45, 2.75) is 0 Å². The van der Waals surface area contributed by atoms with Gasteiger partial charge in [0.05, 0.1) is 69.3 Å². The minimum atomic E-state index is -0.824. The topological polar surface area (TPSA) is 48.5 Å². The molecule has 5 aromatic carbocycles. The quantitative estimate of drug-likeness (QED) is 0.208. The van der Waals surface area contributed by atoms with E-state index in [0.29, 0.717) is 21.9 Å². The fourth-order valence-corrected chi connectivity index (χ4v) is 5.39. The Labute approximate surface area is 278 Å². The van der Waals surface area contributed by atoms with Crippen LogP contribution in [0, 0.1) is 0 Å². The predicted octanol–water partition coefficient (Wildman–Crippen LogP) is 9.40. The molecule has 0 amide bonds. The highest BCUT2D eigenvalue weighted by atomic mass is 15.2. The fourth-order valence-electron chi connectivity index (χ4n) is 5.39. The number of hydrogen-bond donors (Lipinski definition) is 0. The second kappa shape index (κ2) is 9.75. The van der Waals surface area contributed by atoms with Gasteiger partial charge in [-0.25, -0.2) is 9.97 Å². The molecule has 0 aliphatic rings. The van der Waals surface area contributed by atoms with Crippen LogP contribution in [0.25, 0.3) is 77.9 Å². The molecule has 0 bridgehead atoms. The first-order chi connectivity index (χ1) is 29.3. The second-order valence-corrected chi connectivity index (χ2v) is 9.58. The van der Waals surface area contributed by atoms with E-state index in [2.05, 4.69) is 15.0 Å². The van der Waals surface area contributed by atoms with E-state index < -0.39 is 148 Å².